The first-order valence-corrected chi connectivity index (χ1v) is 13.8. The van der Waals surface area contributed by atoms with Gasteiger partial charge in [-0.3, -0.25) is 14.5 Å². The Kier molecular flexibility index (Phi) is 9.20. The van der Waals surface area contributed by atoms with E-state index in [1.54, 1.807) is 30.2 Å². The monoisotopic (exact) mass is 566 g/mol. The number of carbonyl (C=O) groups is 3. The number of rotatable bonds is 9. The van der Waals surface area contributed by atoms with Gasteiger partial charge in [-0.15, -0.1) is 0 Å². The summed E-state index contributed by atoms with van der Waals surface area (Å²) in [5.41, 5.74) is 1.04. The summed E-state index contributed by atoms with van der Waals surface area (Å²) >= 11 is 0. The number of carbonyl (C=O) groups excluding carboxylic acids is 3. The summed E-state index contributed by atoms with van der Waals surface area (Å²) in [7, 11) is 1.50. The molecule has 10 heteroatoms. The zero-order chi connectivity index (χ0) is 29.7. The van der Waals surface area contributed by atoms with Gasteiger partial charge in [0.1, 0.15) is 42.9 Å². The number of fused-ring (bicyclic) bond motifs is 1. The average Bonchev–Trinajstić information content (AvgIpc) is 3.55. The minimum absolute atomic E-state index is 0.00271. The van der Waals surface area contributed by atoms with E-state index in [0.29, 0.717) is 12.3 Å². The fourth-order valence-electron chi connectivity index (χ4n) is 4.95. The van der Waals surface area contributed by atoms with Crippen LogP contribution < -0.4 is 10.6 Å². The number of ether oxygens (including phenoxy) is 2. The molecule has 0 bridgehead atoms. The summed E-state index contributed by atoms with van der Waals surface area (Å²) in [6, 6.07) is 13.3. The second-order valence-corrected chi connectivity index (χ2v) is 11.6. The average molecular weight is 567 g/mol. The maximum Gasteiger partial charge on any atom is 0.410 e. The van der Waals surface area contributed by atoms with Crippen LogP contribution in [0.5, 0.6) is 0 Å². The number of benzene rings is 2. The lowest BCUT2D eigenvalue weighted by Crippen LogP contribution is -2.59. The van der Waals surface area contributed by atoms with Crippen molar-refractivity contribution in [2.45, 2.75) is 71.5 Å². The van der Waals surface area contributed by atoms with Crippen LogP contribution in [0.15, 0.2) is 66.6 Å². The number of nitrogens with one attached hydrogen (secondary N) is 2. The zero-order valence-electron chi connectivity index (χ0n) is 24.2. The Bertz CT molecular complexity index is 1260. The van der Waals surface area contributed by atoms with Gasteiger partial charge in [-0.25, -0.2) is 9.18 Å². The first kappa shape index (κ1) is 29.9. The molecule has 3 amide bonds. The molecule has 9 nitrogen and oxygen atoms in total. The molecular weight excluding hydrogens is 527 g/mol. The van der Waals surface area contributed by atoms with Gasteiger partial charge in [0.2, 0.25) is 11.8 Å². The summed E-state index contributed by atoms with van der Waals surface area (Å²) in [5, 5.41) is 6.21. The van der Waals surface area contributed by atoms with E-state index in [1.807, 2.05) is 51.1 Å². The molecule has 0 saturated carbocycles. The van der Waals surface area contributed by atoms with E-state index < -0.39 is 29.5 Å². The van der Waals surface area contributed by atoms with Crippen LogP contribution in [0.4, 0.5) is 9.18 Å². The van der Waals surface area contributed by atoms with E-state index in [2.05, 4.69) is 10.6 Å². The quantitative estimate of drug-likeness (QED) is 0.477. The Morgan fingerprint density at radius 3 is 2.39 bits per heavy atom. The molecule has 4 atom stereocenters. The highest BCUT2D eigenvalue weighted by Gasteiger charge is 2.47. The van der Waals surface area contributed by atoms with E-state index >= 15 is 0 Å². The minimum atomic E-state index is -0.870. The van der Waals surface area contributed by atoms with Crippen molar-refractivity contribution in [3.8, 4) is 0 Å². The number of hydrogen-bond acceptors (Lipinski definition) is 6. The molecule has 2 aliphatic rings. The van der Waals surface area contributed by atoms with Gasteiger partial charge in [-0.1, -0.05) is 63.2 Å². The van der Waals surface area contributed by atoms with Gasteiger partial charge >= 0.3 is 6.09 Å². The van der Waals surface area contributed by atoms with Crippen LogP contribution in [0.25, 0.3) is 0 Å². The highest BCUT2D eigenvalue weighted by atomic mass is 19.1. The summed E-state index contributed by atoms with van der Waals surface area (Å²) in [6.07, 6.45) is 1.87. The summed E-state index contributed by atoms with van der Waals surface area (Å²) in [6.45, 7) is 8.10. The second kappa shape index (κ2) is 12.6. The van der Waals surface area contributed by atoms with Crippen LogP contribution in [0.2, 0.25) is 0 Å². The fraction of sp³-hybridized carbons (Fsp3) is 0.452. The van der Waals surface area contributed by atoms with Crippen LogP contribution in [0, 0.1) is 11.2 Å². The van der Waals surface area contributed by atoms with E-state index in [0.717, 1.165) is 17.5 Å². The number of halogens is 1. The van der Waals surface area contributed by atoms with Crippen molar-refractivity contribution < 1.29 is 28.2 Å². The van der Waals surface area contributed by atoms with Gasteiger partial charge in [-0.05, 0) is 42.0 Å². The molecule has 0 spiro atoms. The molecule has 0 aromatic heterocycles. The van der Waals surface area contributed by atoms with Gasteiger partial charge in [-0.2, -0.15) is 0 Å². The Hall–Kier alpha value is -4.08. The molecule has 1 saturated heterocycles. The third kappa shape index (κ3) is 7.17. The van der Waals surface area contributed by atoms with Gasteiger partial charge in [0.15, 0.2) is 0 Å². The minimum Gasteiger partial charge on any atom is -0.489 e. The molecule has 41 heavy (non-hydrogen) atoms. The van der Waals surface area contributed by atoms with Crippen LogP contribution in [-0.2, 0) is 32.3 Å². The SMILES string of the molecule is CC(C(=O)NC(C(=O)N1CCC2NC=C(OCc3ccc(F)cc3)C21)C(C)(C)C)N(C)C(=O)OCc1ccccc1. The van der Waals surface area contributed by atoms with Gasteiger partial charge in [0.25, 0.3) is 0 Å². The number of likely N-dealkylation sites (tertiary alicyclic amines) is 1. The maximum absolute atomic E-state index is 14.0. The first-order chi connectivity index (χ1) is 19.5. The molecule has 2 N–H and O–H groups in total. The predicted octanol–water partition coefficient (Wildman–Crippen LogP) is 3.94. The molecule has 1 fully saturated rings. The third-order valence-corrected chi connectivity index (χ3v) is 7.58. The van der Waals surface area contributed by atoms with Crippen molar-refractivity contribution in [2.75, 3.05) is 13.6 Å². The van der Waals surface area contributed by atoms with E-state index in [4.69, 9.17) is 9.47 Å². The van der Waals surface area contributed by atoms with E-state index in [1.165, 1.54) is 24.1 Å². The molecule has 4 rings (SSSR count). The Morgan fingerprint density at radius 2 is 1.73 bits per heavy atom. The molecule has 4 unspecified atom stereocenters. The predicted molar refractivity (Wildman–Crippen MR) is 152 cm³/mol. The smallest absolute Gasteiger partial charge is 0.410 e. The van der Waals surface area contributed by atoms with Gasteiger partial charge in [0.05, 0.1) is 6.04 Å². The van der Waals surface area contributed by atoms with Crippen LogP contribution in [0.1, 0.15) is 45.2 Å². The van der Waals surface area contributed by atoms with Crippen molar-refractivity contribution >= 4 is 17.9 Å². The fourth-order valence-corrected chi connectivity index (χ4v) is 4.95. The van der Waals surface area contributed by atoms with Crippen molar-refractivity contribution in [2.24, 2.45) is 5.41 Å². The number of amides is 3. The second-order valence-electron chi connectivity index (χ2n) is 11.6. The lowest BCUT2D eigenvalue weighted by molar-refractivity contribution is -0.141. The summed E-state index contributed by atoms with van der Waals surface area (Å²) in [5.74, 6) is -0.373. The maximum atomic E-state index is 14.0. The topological polar surface area (TPSA) is 100 Å². The molecule has 2 aliphatic heterocycles. The highest BCUT2D eigenvalue weighted by Crippen LogP contribution is 2.32. The van der Waals surface area contributed by atoms with Crippen LogP contribution in [0.3, 0.4) is 0 Å². The highest BCUT2D eigenvalue weighted by molar-refractivity contribution is 5.92. The van der Waals surface area contributed by atoms with Crippen molar-refractivity contribution in [1.29, 1.82) is 0 Å². The van der Waals surface area contributed by atoms with Gasteiger partial charge < -0.3 is 25.0 Å². The Labute approximate surface area is 240 Å². The number of nitrogens with zero attached hydrogens (tertiary/aromatic N) is 2. The molecule has 0 radical (unpaired) electrons. The molecule has 2 aromatic rings. The largest absolute Gasteiger partial charge is 0.489 e. The molecule has 0 aliphatic carbocycles. The van der Waals surface area contributed by atoms with Crippen LogP contribution in [-0.4, -0.2) is 65.5 Å². The van der Waals surface area contributed by atoms with Crippen LogP contribution >= 0.6 is 0 Å². The Morgan fingerprint density at radius 1 is 1.07 bits per heavy atom. The Balaban J connectivity index is 1.39. The number of likely N-dealkylation sites (N-methyl/N-ethyl adjacent to an activating group) is 1. The summed E-state index contributed by atoms with van der Waals surface area (Å²) in [4.78, 5) is 42.9. The molecule has 220 valence electrons. The lowest BCUT2D eigenvalue weighted by atomic mass is 9.85. The molecular formula is C31H39FN4O5. The van der Waals surface area contributed by atoms with Crippen molar-refractivity contribution in [3.63, 3.8) is 0 Å². The lowest BCUT2D eigenvalue weighted by Gasteiger charge is -2.37. The van der Waals surface area contributed by atoms with Gasteiger partial charge in [0, 0.05) is 19.8 Å². The first-order valence-electron chi connectivity index (χ1n) is 13.8. The molecule has 2 aromatic carbocycles. The van der Waals surface area contributed by atoms with Crippen molar-refractivity contribution in [3.05, 3.63) is 83.5 Å². The third-order valence-electron chi connectivity index (χ3n) is 7.58. The standard InChI is InChI=1S/C31H39FN4O5/c1-20(35(5)30(39)41-19-21-9-7-6-8-10-21)28(37)34-27(31(2,3)4)29(38)36-16-15-24-26(36)25(17-33-24)40-18-22-11-13-23(32)14-12-22/h6-14,17,20,24,26-27,33H,15-16,18-19H2,1-5H3,(H,34,37). The van der Waals surface area contributed by atoms with E-state index in [-0.39, 0.29) is 37.0 Å². The normalized spacial score (nSPS) is 19.4. The van der Waals surface area contributed by atoms with Crippen molar-refractivity contribution in [1.82, 2.24) is 20.4 Å². The number of hydrogen-bond donors (Lipinski definition) is 2. The van der Waals surface area contributed by atoms with E-state index in [9.17, 15) is 18.8 Å². The summed E-state index contributed by atoms with van der Waals surface area (Å²) < 4.78 is 24.7. The zero-order valence-corrected chi connectivity index (χ0v) is 24.2. The molecule has 2 heterocycles.